The summed E-state index contributed by atoms with van der Waals surface area (Å²) in [5.74, 6) is 1.88. The second-order valence-electron chi connectivity index (χ2n) is 5.65. The van der Waals surface area contributed by atoms with Crippen molar-refractivity contribution in [3.05, 3.63) is 18.2 Å². The molecule has 1 fully saturated rings. The third kappa shape index (κ3) is 2.07. The molecule has 0 saturated carbocycles. The monoisotopic (exact) mass is 207 g/mol. The number of aromatic nitrogens is 2. The molecular weight excluding hydrogens is 186 g/mol. The van der Waals surface area contributed by atoms with E-state index in [0.29, 0.717) is 6.04 Å². The van der Waals surface area contributed by atoms with Crippen molar-refractivity contribution in [2.75, 3.05) is 6.54 Å². The van der Waals surface area contributed by atoms with Gasteiger partial charge in [-0.3, -0.25) is 4.90 Å². The Balaban J connectivity index is 2.23. The minimum Gasteiger partial charge on any atom is -0.347 e. The molecule has 3 heteroatoms. The van der Waals surface area contributed by atoms with Crippen LogP contribution in [0, 0.1) is 5.92 Å². The van der Waals surface area contributed by atoms with Gasteiger partial charge in [0.05, 0.1) is 6.04 Å². The fourth-order valence-corrected chi connectivity index (χ4v) is 2.51. The van der Waals surface area contributed by atoms with Gasteiger partial charge >= 0.3 is 0 Å². The SMILES string of the molecule is C[C@H]1C[C@@H](c2ncc[nH]2)N(C(C)(C)C)C1. The molecule has 1 N–H and O–H groups in total. The summed E-state index contributed by atoms with van der Waals surface area (Å²) in [6, 6.07) is 0.468. The highest BCUT2D eigenvalue weighted by Gasteiger charge is 2.38. The molecule has 1 aliphatic rings. The van der Waals surface area contributed by atoms with Crippen molar-refractivity contribution in [3.63, 3.8) is 0 Å². The van der Waals surface area contributed by atoms with Crippen LogP contribution in [0.4, 0.5) is 0 Å². The lowest BCUT2D eigenvalue weighted by molar-refractivity contribution is 0.115. The minimum atomic E-state index is 0.224. The molecule has 3 nitrogen and oxygen atoms in total. The van der Waals surface area contributed by atoms with Gasteiger partial charge in [-0.1, -0.05) is 6.92 Å². The molecular formula is C12H21N3. The molecule has 0 bridgehead atoms. The number of hydrogen-bond donors (Lipinski definition) is 1. The summed E-state index contributed by atoms with van der Waals surface area (Å²) in [5, 5.41) is 0. The molecule has 1 aromatic heterocycles. The highest BCUT2D eigenvalue weighted by Crippen LogP contribution is 2.38. The van der Waals surface area contributed by atoms with Crippen LogP contribution in [-0.4, -0.2) is 27.0 Å². The number of rotatable bonds is 1. The molecule has 2 rings (SSSR count). The first-order chi connectivity index (χ1) is 6.98. The Morgan fingerprint density at radius 2 is 2.20 bits per heavy atom. The largest absolute Gasteiger partial charge is 0.347 e. The van der Waals surface area contributed by atoms with E-state index in [1.54, 1.807) is 0 Å². The van der Waals surface area contributed by atoms with Gasteiger partial charge < -0.3 is 4.98 Å². The molecule has 1 aliphatic heterocycles. The maximum Gasteiger partial charge on any atom is 0.123 e. The highest BCUT2D eigenvalue weighted by atomic mass is 15.3. The van der Waals surface area contributed by atoms with Crippen LogP contribution in [0.15, 0.2) is 12.4 Å². The van der Waals surface area contributed by atoms with Gasteiger partial charge in [-0.25, -0.2) is 4.98 Å². The van der Waals surface area contributed by atoms with Gasteiger partial charge in [-0.15, -0.1) is 0 Å². The molecule has 2 atom stereocenters. The smallest absolute Gasteiger partial charge is 0.123 e. The van der Waals surface area contributed by atoms with Crippen LogP contribution >= 0.6 is 0 Å². The zero-order valence-corrected chi connectivity index (χ0v) is 10.1. The first-order valence-corrected chi connectivity index (χ1v) is 5.74. The average molecular weight is 207 g/mol. The van der Waals surface area contributed by atoms with Crippen molar-refractivity contribution in [2.45, 2.75) is 45.7 Å². The van der Waals surface area contributed by atoms with Crippen molar-refractivity contribution in [1.29, 1.82) is 0 Å². The summed E-state index contributed by atoms with van der Waals surface area (Å²) in [5.41, 5.74) is 0.224. The van der Waals surface area contributed by atoms with E-state index in [1.807, 2.05) is 12.4 Å². The Morgan fingerprint density at radius 1 is 1.47 bits per heavy atom. The predicted octanol–water partition coefficient (Wildman–Crippen LogP) is 2.59. The van der Waals surface area contributed by atoms with Crippen molar-refractivity contribution in [1.82, 2.24) is 14.9 Å². The summed E-state index contributed by atoms with van der Waals surface area (Å²) < 4.78 is 0. The number of aromatic amines is 1. The van der Waals surface area contributed by atoms with Gasteiger partial charge in [-0.05, 0) is 33.1 Å². The lowest BCUT2D eigenvalue weighted by Crippen LogP contribution is -2.41. The zero-order valence-electron chi connectivity index (χ0n) is 10.1. The van der Waals surface area contributed by atoms with E-state index < -0.39 is 0 Å². The van der Waals surface area contributed by atoms with E-state index in [0.717, 1.165) is 11.7 Å². The van der Waals surface area contributed by atoms with Crippen LogP contribution < -0.4 is 0 Å². The van der Waals surface area contributed by atoms with Crippen molar-refractivity contribution < 1.29 is 0 Å². The molecule has 1 saturated heterocycles. The average Bonchev–Trinajstić information content (AvgIpc) is 2.68. The Labute approximate surface area is 91.9 Å². The summed E-state index contributed by atoms with van der Waals surface area (Å²) in [6.07, 6.45) is 4.98. The molecule has 0 spiro atoms. The van der Waals surface area contributed by atoms with Gasteiger partial charge in [0.2, 0.25) is 0 Å². The fraction of sp³-hybridized carbons (Fsp3) is 0.750. The molecule has 0 radical (unpaired) electrons. The molecule has 84 valence electrons. The van der Waals surface area contributed by atoms with Crippen molar-refractivity contribution >= 4 is 0 Å². The van der Waals surface area contributed by atoms with Crippen LogP contribution in [0.3, 0.4) is 0 Å². The van der Waals surface area contributed by atoms with Crippen LogP contribution in [-0.2, 0) is 0 Å². The zero-order chi connectivity index (χ0) is 11.1. The van der Waals surface area contributed by atoms with Crippen molar-refractivity contribution in [2.24, 2.45) is 5.92 Å². The van der Waals surface area contributed by atoms with E-state index in [2.05, 4.69) is 42.6 Å². The van der Waals surface area contributed by atoms with E-state index in [-0.39, 0.29) is 5.54 Å². The van der Waals surface area contributed by atoms with Crippen LogP contribution in [0.1, 0.15) is 46.0 Å². The third-order valence-corrected chi connectivity index (χ3v) is 3.21. The van der Waals surface area contributed by atoms with E-state index in [9.17, 15) is 0 Å². The fourth-order valence-electron chi connectivity index (χ4n) is 2.51. The Hall–Kier alpha value is -0.830. The number of nitrogens with one attached hydrogen (secondary N) is 1. The van der Waals surface area contributed by atoms with E-state index >= 15 is 0 Å². The number of H-pyrrole nitrogens is 1. The molecule has 0 aliphatic carbocycles. The maximum absolute atomic E-state index is 4.40. The second-order valence-corrected chi connectivity index (χ2v) is 5.65. The first kappa shape index (κ1) is 10.7. The summed E-state index contributed by atoms with van der Waals surface area (Å²) in [4.78, 5) is 10.2. The molecule has 0 amide bonds. The van der Waals surface area contributed by atoms with Crippen LogP contribution in [0.5, 0.6) is 0 Å². The van der Waals surface area contributed by atoms with Gasteiger partial charge in [-0.2, -0.15) is 0 Å². The molecule has 15 heavy (non-hydrogen) atoms. The molecule has 2 heterocycles. The predicted molar refractivity (Wildman–Crippen MR) is 61.6 cm³/mol. The maximum atomic E-state index is 4.40. The van der Waals surface area contributed by atoms with Crippen LogP contribution in [0.25, 0.3) is 0 Å². The van der Waals surface area contributed by atoms with Crippen LogP contribution in [0.2, 0.25) is 0 Å². The van der Waals surface area contributed by atoms with Gasteiger partial charge in [0.1, 0.15) is 5.82 Å². The summed E-state index contributed by atoms with van der Waals surface area (Å²) in [7, 11) is 0. The van der Waals surface area contributed by atoms with E-state index in [4.69, 9.17) is 0 Å². The minimum absolute atomic E-state index is 0.224. The third-order valence-electron chi connectivity index (χ3n) is 3.21. The Kier molecular flexibility index (Phi) is 2.59. The number of likely N-dealkylation sites (tertiary alicyclic amines) is 1. The molecule has 0 unspecified atom stereocenters. The van der Waals surface area contributed by atoms with Crippen molar-refractivity contribution in [3.8, 4) is 0 Å². The highest BCUT2D eigenvalue weighted by molar-refractivity contribution is 5.03. The Morgan fingerprint density at radius 3 is 2.73 bits per heavy atom. The molecule has 1 aromatic rings. The van der Waals surface area contributed by atoms with E-state index in [1.165, 1.54) is 13.0 Å². The molecule has 0 aromatic carbocycles. The number of hydrogen-bond acceptors (Lipinski definition) is 2. The topological polar surface area (TPSA) is 31.9 Å². The van der Waals surface area contributed by atoms with Gasteiger partial charge in [0.25, 0.3) is 0 Å². The van der Waals surface area contributed by atoms with Gasteiger partial charge in [0.15, 0.2) is 0 Å². The normalized spacial score (nSPS) is 28.5. The summed E-state index contributed by atoms with van der Waals surface area (Å²) in [6.45, 7) is 10.3. The number of nitrogens with zero attached hydrogens (tertiary/aromatic N) is 2. The lowest BCUT2D eigenvalue weighted by atomic mass is 10.0. The Bertz CT molecular complexity index is 310. The standard InChI is InChI=1S/C12H21N3/c1-9-7-10(11-13-5-6-14-11)15(8-9)12(2,3)4/h5-6,9-10H,7-8H2,1-4H3,(H,13,14)/t9-,10-/m0/s1. The van der Waals surface area contributed by atoms with Gasteiger partial charge in [0, 0.05) is 24.5 Å². The second kappa shape index (κ2) is 3.63. The summed E-state index contributed by atoms with van der Waals surface area (Å²) >= 11 is 0. The first-order valence-electron chi connectivity index (χ1n) is 5.74. The lowest BCUT2D eigenvalue weighted by Gasteiger charge is -2.36. The number of imidazole rings is 1. The quantitative estimate of drug-likeness (QED) is 0.767.